The van der Waals surface area contributed by atoms with Crippen molar-refractivity contribution in [1.82, 2.24) is 0 Å². The van der Waals surface area contributed by atoms with Gasteiger partial charge in [-0.15, -0.1) is 0 Å². The Balaban J connectivity index is 0.000000163. The zero-order valence-corrected chi connectivity index (χ0v) is 60.8. The summed E-state index contributed by atoms with van der Waals surface area (Å²) in [5.41, 5.74) is 22.2. The molecule has 0 N–H and O–H groups in total. The fourth-order valence-electron chi connectivity index (χ4n) is 15.7. The second-order valence-electron chi connectivity index (χ2n) is 26.9. The molecule has 112 heavy (non-hydrogen) atoms. The summed E-state index contributed by atoms with van der Waals surface area (Å²) >= 11 is 0. The van der Waals surface area contributed by atoms with Crippen molar-refractivity contribution < 1.29 is 0 Å². The van der Waals surface area contributed by atoms with Crippen LogP contribution in [0.2, 0.25) is 0 Å². The lowest BCUT2D eigenvalue weighted by atomic mass is 9.84. The van der Waals surface area contributed by atoms with Crippen LogP contribution < -0.4 is 19.6 Å². The van der Waals surface area contributed by atoms with Gasteiger partial charge in [0.25, 0.3) is 0 Å². The summed E-state index contributed by atoms with van der Waals surface area (Å²) in [4.78, 5) is 25.1. The molecule has 0 saturated carbocycles. The average Bonchev–Trinajstić information content (AvgIpc) is 0.721. The van der Waals surface area contributed by atoms with Crippen molar-refractivity contribution in [2.24, 2.45) is 0 Å². The van der Waals surface area contributed by atoms with Crippen LogP contribution in [0.1, 0.15) is 0 Å². The second-order valence-corrected chi connectivity index (χ2v) is 26.9. The first kappa shape index (κ1) is 69.2. The smallest absolute Gasteiger partial charge is 0.194 e. The molecule has 0 radical (unpaired) electrons. The Morgan fingerprint density at radius 3 is 0.723 bits per heavy atom. The molecule has 0 atom stereocenters. The number of para-hydroxylation sites is 10. The SMILES string of the molecule is [C-]#[N+]c1ccccc1-c1c2ccccc2c(-c2ccccc2[N+]#[C-])c2c(N(c3ccccc3)c3ccc(N(c4ccccc4)c4ccccc4)cc3)cccc12.[C-]#[N+]c1ccccc1-c1c2ccccc2c(-c2ccccc2[N+]#[C-])c2cc(N(c3ccccc3)c3ccc(N(c4ccccc4)c4ccccc4)cc3)ccc12. The molecule has 0 unspecified atom stereocenters. The number of nitrogens with zero attached hydrogens (tertiary/aromatic N) is 8. The van der Waals surface area contributed by atoms with Crippen LogP contribution in [0.15, 0.2) is 413 Å². The molecule has 0 bridgehead atoms. The number of anilines is 12. The van der Waals surface area contributed by atoms with E-state index in [4.69, 9.17) is 26.3 Å². The summed E-state index contributed by atoms with van der Waals surface area (Å²) < 4.78 is 0. The summed E-state index contributed by atoms with van der Waals surface area (Å²) in [6.07, 6.45) is 0. The maximum absolute atomic E-state index is 8.24. The molecule has 0 aliphatic heterocycles. The van der Waals surface area contributed by atoms with Crippen LogP contribution >= 0.6 is 0 Å². The van der Waals surface area contributed by atoms with Gasteiger partial charge in [0.2, 0.25) is 0 Å². The van der Waals surface area contributed by atoms with Crippen molar-refractivity contribution in [2.45, 2.75) is 0 Å². The second kappa shape index (κ2) is 31.3. The molecule has 0 fully saturated rings. The molecule has 524 valence electrons. The highest BCUT2D eigenvalue weighted by molar-refractivity contribution is 6.27. The highest BCUT2D eigenvalue weighted by Crippen LogP contribution is 2.54. The first-order valence-electron chi connectivity index (χ1n) is 37.0. The third-order valence-electron chi connectivity index (χ3n) is 20.5. The van der Waals surface area contributed by atoms with Gasteiger partial charge in [-0.05, 0) is 222 Å². The minimum absolute atomic E-state index is 0.584. The van der Waals surface area contributed by atoms with Crippen molar-refractivity contribution in [3.63, 3.8) is 0 Å². The van der Waals surface area contributed by atoms with E-state index in [2.05, 4.69) is 324 Å². The Kier molecular flexibility index (Phi) is 19.3. The minimum Gasteiger partial charge on any atom is -0.311 e. The summed E-state index contributed by atoms with van der Waals surface area (Å²) in [6.45, 7) is 32.6. The lowest BCUT2D eigenvalue weighted by Gasteiger charge is -2.30. The predicted octanol–water partition coefficient (Wildman–Crippen LogP) is 30.7. The van der Waals surface area contributed by atoms with E-state index in [-0.39, 0.29) is 0 Å². The third-order valence-corrected chi connectivity index (χ3v) is 20.5. The fourth-order valence-corrected chi connectivity index (χ4v) is 15.7. The maximum atomic E-state index is 8.24. The van der Waals surface area contributed by atoms with Crippen molar-refractivity contribution in [3.8, 4) is 44.5 Å². The summed E-state index contributed by atoms with van der Waals surface area (Å²) in [5.74, 6) is 0. The molecular weight excluding hydrogens is 1360 g/mol. The van der Waals surface area contributed by atoms with Gasteiger partial charge in [-0.25, -0.2) is 19.4 Å². The van der Waals surface area contributed by atoms with Gasteiger partial charge < -0.3 is 19.6 Å². The Morgan fingerprint density at radius 1 is 0.161 bits per heavy atom. The zero-order valence-electron chi connectivity index (χ0n) is 60.8. The van der Waals surface area contributed by atoms with Crippen molar-refractivity contribution in [2.75, 3.05) is 19.6 Å². The number of benzene rings is 18. The normalized spacial score (nSPS) is 10.8. The van der Waals surface area contributed by atoms with Gasteiger partial charge in [0, 0.05) is 67.9 Å². The monoisotopic (exact) mass is 1430 g/mol. The Hall–Kier alpha value is -15.8. The van der Waals surface area contributed by atoms with Gasteiger partial charge >= 0.3 is 0 Å². The third kappa shape index (κ3) is 13.2. The Morgan fingerprint density at radius 2 is 0.384 bits per heavy atom. The lowest BCUT2D eigenvalue weighted by Crippen LogP contribution is -2.12. The topological polar surface area (TPSA) is 30.4 Å². The average molecular weight is 1430 g/mol. The van der Waals surface area contributed by atoms with Crippen LogP contribution in [-0.2, 0) is 0 Å². The van der Waals surface area contributed by atoms with Crippen LogP contribution in [0.3, 0.4) is 0 Å². The molecule has 18 rings (SSSR count). The molecular formula is C104H68N8. The van der Waals surface area contributed by atoms with E-state index >= 15 is 0 Å². The molecule has 0 heterocycles. The van der Waals surface area contributed by atoms with Gasteiger partial charge in [0.15, 0.2) is 22.7 Å². The Bertz CT molecular complexity index is 6510. The highest BCUT2D eigenvalue weighted by Gasteiger charge is 2.27. The van der Waals surface area contributed by atoms with Crippen LogP contribution in [0, 0.1) is 26.3 Å². The van der Waals surface area contributed by atoms with E-state index in [1.54, 1.807) is 0 Å². The summed E-state index contributed by atoms with van der Waals surface area (Å²) in [6, 6.07) is 141. The number of hydrogen-bond acceptors (Lipinski definition) is 4. The molecule has 8 nitrogen and oxygen atoms in total. The number of rotatable bonds is 16. The van der Waals surface area contributed by atoms with Crippen LogP contribution in [-0.4, -0.2) is 0 Å². The van der Waals surface area contributed by atoms with Gasteiger partial charge in [0.05, 0.1) is 32.0 Å². The molecule has 0 spiro atoms. The maximum Gasteiger partial charge on any atom is 0.194 e. The van der Waals surface area contributed by atoms with Gasteiger partial charge in [-0.3, -0.25) is 0 Å². The van der Waals surface area contributed by atoms with E-state index in [0.29, 0.717) is 22.7 Å². The summed E-state index contributed by atoms with van der Waals surface area (Å²) in [5, 5.41) is 8.14. The van der Waals surface area contributed by atoms with Crippen LogP contribution in [0.25, 0.3) is 107 Å². The van der Waals surface area contributed by atoms with E-state index < -0.39 is 0 Å². The van der Waals surface area contributed by atoms with E-state index in [1.807, 2.05) is 127 Å². The molecule has 0 aliphatic carbocycles. The molecule has 18 aromatic carbocycles. The molecule has 8 heteroatoms. The zero-order chi connectivity index (χ0) is 75.7. The predicted molar refractivity (Wildman–Crippen MR) is 468 cm³/mol. The number of hydrogen-bond donors (Lipinski definition) is 0. The fraction of sp³-hybridized carbons (Fsp3) is 0. The number of fused-ring (bicyclic) bond motifs is 4. The lowest BCUT2D eigenvalue weighted by molar-refractivity contribution is 1.26. The van der Waals surface area contributed by atoms with Crippen LogP contribution in [0.5, 0.6) is 0 Å². The van der Waals surface area contributed by atoms with Gasteiger partial charge in [0.1, 0.15) is 0 Å². The highest BCUT2D eigenvalue weighted by atomic mass is 15.2. The quantitative estimate of drug-likeness (QED) is 0.0712. The molecule has 0 amide bonds. The molecule has 0 aromatic heterocycles. The molecule has 0 saturated heterocycles. The van der Waals surface area contributed by atoms with Gasteiger partial charge in [-0.2, -0.15) is 0 Å². The molecule has 0 aliphatic rings. The standard InChI is InChI=1S/2C52H34N4/c1-53-47-30-16-14-27-44(47)50-42-25-12-13-26-43(42)51(45-28-15-17-31-48(45)54-2)52-46(50)29-18-32-49(52)56(39-23-10-5-11-24-39)41-35-33-40(34-36-41)55(37-19-6-3-7-20-37)38-21-8-4-9-22-38;1-53-49-28-16-14-26-46(49)51-43-24-12-13-25-44(43)52(47-27-15-17-29-50(47)54-2)48-36-42(34-35-45(48)51)56(39-22-10-5-11-23-39)41-32-30-40(31-33-41)55(37-18-6-3-7-19-37)38-20-8-4-9-21-38/h2*3-36H. The van der Waals surface area contributed by atoms with E-state index in [1.165, 1.54) is 0 Å². The first-order valence-corrected chi connectivity index (χ1v) is 37.0. The Labute approximate surface area is 652 Å². The van der Waals surface area contributed by atoms with E-state index in [0.717, 1.165) is 156 Å². The van der Waals surface area contributed by atoms with Crippen molar-refractivity contribution in [1.29, 1.82) is 0 Å². The van der Waals surface area contributed by atoms with Gasteiger partial charge in [-0.1, -0.05) is 273 Å². The van der Waals surface area contributed by atoms with E-state index in [9.17, 15) is 0 Å². The van der Waals surface area contributed by atoms with Crippen molar-refractivity contribution in [3.05, 3.63) is 458 Å². The van der Waals surface area contributed by atoms with Crippen molar-refractivity contribution >= 4 is 134 Å². The van der Waals surface area contributed by atoms with Crippen LogP contribution in [0.4, 0.5) is 91.0 Å². The minimum atomic E-state index is 0.584. The summed E-state index contributed by atoms with van der Waals surface area (Å²) in [7, 11) is 0. The molecule has 18 aromatic rings. The first-order chi connectivity index (χ1) is 55.5. The largest absolute Gasteiger partial charge is 0.311 e.